The monoisotopic (exact) mass is 131 g/mol. The van der Waals surface area contributed by atoms with E-state index in [0.717, 1.165) is 0 Å². The summed E-state index contributed by atoms with van der Waals surface area (Å²) in [6.07, 6.45) is 1.22. The van der Waals surface area contributed by atoms with Gasteiger partial charge < -0.3 is 0 Å². The quantitative estimate of drug-likeness (QED) is 0.507. The van der Waals surface area contributed by atoms with E-state index in [0.29, 0.717) is 5.41 Å². The lowest BCUT2D eigenvalue weighted by atomic mass is 9.67. The van der Waals surface area contributed by atoms with E-state index in [2.05, 4.69) is 32.0 Å². The molecule has 0 heterocycles. The molecule has 0 bridgehead atoms. The van der Waals surface area contributed by atoms with Crippen molar-refractivity contribution in [3.8, 4) is 0 Å². The first kappa shape index (κ1) is 5.96. The highest BCUT2D eigenvalue weighted by Crippen LogP contribution is 2.39. The third kappa shape index (κ3) is 0.620. The topological polar surface area (TPSA) is 0 Å². The van der Waals surface area contributed by atoms with E-state index in [-0.39, 0.29) is 0 Å². The van der Waals surface area contributed by atoms with Crippen molar-refractivity contribution in [3.05, 3.63) is 35.4 Å². The highest BCUT2D eigenvalue weighted by molar-refractivity contribution is 5.42. The maximum absolute atomic E-state index is 3.28. The van der Waals surface area contributed by atoms with Crippen molar-refractivity contribution >= 4 is 0 Å². The van der Waals surface area contributed by atoms with Crippen LogP contribution >= 0.6 is 0 Å². The zero-order valence-electron chi connectivity index (χ0n) is 6.44. The molecule has 0 nitrogen and oxygen atoms in total. The predicted octanol–water partition coefficient (Wildman–Crippen LogP) is 2.32. The Morgan fingerprint density at radius 2 is 2.30 bits per heavy atom. The summed E-state index contributed by atoms with van der Waals surface area (Å²) in [6.45, 7) is 4.54. The minimum absolute atomic E-state index is 0.399. The second kappa shape index (κ2) is 1.63. The number of fused-ring (bicyclic) bond motifs is 1. The molecule has 51 valence electrons. The number of hydrogen-bond donors (Lipinski definition) is 0. The molecule has 10 heavy (non-hydrogen) atoms. The van der Waals surface area contributed by atoms with Gasteiger partial charge >= 0.3 is 0 Å². The summed E-state index contributed by atoms with van der Waals surface area (Å²) in [5.74, 6) is 0. The van der Waals surface area contributed by atoms with Crippen LogP contribution in [0.4, 0.5) is 0 Å². The summed E-state index contributed by atoms with van der Waals surface area (Å²) in [7, 11) is 0. The molecule has 0 aromatic heterocycles. The van der Waals surface area contributed by atoms with Gasteiger partial charge in [0.2, 0.25) is 0 Å². The normalized spacial score (nSPS) is 19.4. The third-order valence-electron chi connectivity index (χ3n) is 2.25. The van der Waals surface area contributed by atoms with Gasteiger partial charge in [0.1, 0.15) is 0 Å². The van der Waals surface area contributed by atoms with Gasteiger partial charge in [-0.3, -0.25) is 0 Å². The van der Waals surface area contributed by atoms with E-state index in [9.17, 15) is 0 Å². The Labute approximate surface area is 61.9 Å². The van der Waals surface area contributed by atoms with Crippen molar-refractivity contribution in [1.82, 2.24) is 0 Å². The summed E-state index contributed by atoms with van der Waals surface area (Å²) < 4.78 is 0. The van der Waals surface area contributed by atoms with Gasteiger partial charge in [0.25, 0.3) is 0 Å². The Bertz CT molecular complexity index is 258. The van der Waals surface area contributed by atoms with Gasteiger partial charge in [0, 0.05) is 0 Å². The maximum atomic E-state index is 3.28. The molecule has 0 fully saturated rings. The molecular formula is C10H11. The van der Waals surface area contributed by atoms with Crippen LogP contribution in [0.15, 0.2) is 18.2 Å². The molecular weight excluding hydrogens is 120 g/mol. The first-order valence-electron chi connectivity index (χ1n) is 3.70. The Kier molecular flexibility index (Phi) is 0.971. The molecule has 0 spiro atoms. The minimum Gasteiger partial charge on any atom is -0.0614 e. The molecule has 0 heteroatoms. The van der Waals surface area contributed by atoms with E-state index in [1.807, 2.05) is 6.07 Å². The Balaban J connectivity index is 2.53. The van der Waals surface area contributed by atoms with Crippen molar-refractivity contribution in [1.29, 1.82) is 0 Å². The second-order valence-corrected chi connectivity index (χ2v) is 3.63. The van der Waals surface area contributed by atoms with Crippen LogP contribution in [0.5, 0.6) is 0 Å². The maximum Gasteiger partial charge on any atom is -0.00542 e. The molecule has 0 atom stereocenters. The third-order valence-corrected chi connectivity index (χ3v) is 2.25. The van der Waals surface area contributed by atoms with Gasteiger partial charge in [0.15, 0.2) is 0 Å². The summed E-state index contributed by atoms with van der Waals surface area (Å²) in [4.78, 5) is 0. The SMILES string of the molecule is CC1(C)Cc2ccc[c]c21. The summed E-state index contributed by atoms with van der Waals surface area (Å²) >= 11 is 0. The summed E-state index contributed by atoms with van der Waals surface area (Å²) in [5, 5.41) is 0. The van der Waals surface area contributed by atoms with Crippen molar-refractivity contribution in [2.45, 2.75) is 25.7 Å². The number of hydrogen-bond acceptors (Lipinski definition) is 0. The highest BCUT2D eigenvalue weighted by Gasteiger charge is 2.32. The molecule has 0 saturated heterocycles. The Morgan fingerprint density at radius 1 is 1.50 bits per heavy atom. The fraction of sp³-hybridized carbons (Fsp3) is 0.400. The van der Waals surface area contributed by atoms with Crippen molar-refractivity contribution < 1.29 is 0 Å². The smallest absolute Gasteiger partial charge is 0.00542 e. The van der Waals surface area contributed by atoms with E-state index in [1.165, 1.54) is 17.5 Å². The molecule has 0 unspecified atom stereocenters. The molecule has 1 aliphatic rings. The van der Waals surface area contributed by atoms with E-state index < -0.39 is 0 Å². The van der Waals surface area contributed by atoms with Gasteiger partial charge in [-0.25, -0.2) is 0 Å². The molecule has 0 saturated carbocycles. The largest absolute Gasteiger partial charge is 0.0614 e. The van der Waals surface area contributed by atoms with Crippen LogP contribution in [0.3, 0.4) is 0 Å². The standard InChI is InChI=1S/C10H11/c1-10(2)7-8-5-3-4-6-9(8)10/h3-5H,7H2,1-2H3. The van der Waals surface area contributed by atoms with Crippen LogP contribution in [0, 0.1) is 6.07 Å². The number of rotatable bonds is 0. The Morgan fingerprint density at radius 3 is 2.80 bits per heavy atom. The molecule has 2 rings (SSSR count). The average Bonchev–Trinajstić information content (AvgIpc) is 1.86. The van der Waals surface area contributed by atoms with Crippen LogP contribution in [-0.4, -0.2) is 0 Å². The van der Waals surface area contributed by atoms with E-state index >= 15 is 0 Å². The van der Waals surface area contributed by atoms with Crippen LogP contribution < -0.4 is 0 Å². The average molecular weight is 131 g/mol. The molecule has 1 radical (unpaired) electrons. The molecule has 0 aliphatic heterocycles. The second-order valence-electron chi connectivity index (χ2n) is 3.63. The van der Waals surface area contributed by atoms with Crippen LogP contribution in [0.25, 0.3) is 0 Å². The number of benzene rings is 1. The zero-order valence-corrected chi connectivity index (χ0v) is 6.44. The molecule has 0 N–H and O–H groups in total. The van der Waals surface area contributed by atoms with Crippen LogP contribution in [0.2, 0.25) is 0 Å². The highest BCUT2D eigenvalue weighted by atomic mass is 14.4. The predicted molar refractivity (Wildman–Crippen MR) is 42.0 cm³/mol. The van der Waals surface area contributed by atoms with Crippen LogP contribution in [-0.2, 0) is 11.8 Å². The lowest BCUT2D eigenvalue weighted by Gasteiger charge is -2.37. The van der Waals surface area contributed by atoms with Gasteiger partial charge in [0.05, 0.1) is 0 Å². The van der Waals surface area contributed by atoms with Gasteiger partial charge in [-0.2, -0.15) is 0 Å². The molecule has 1 aliphatic carbocycles. The van der Waals surface area contributed by atoms with Crippen molar-refractivity contribution in [2.75, 3.05) is 0 Å². The first-order valence-corrected chi connectivity index (χ1v) is 3.70. The summed E-state index contributed by atoms with van der Waals surface area (Å²) in [5.41, 5.74) is 3.29. The fourth-order valence-electron chi connectivity index (χ4n) is 1.71. The fourth-order valence-corrected chi connectivity index (χ4v) is 1.71. The zero-order chi connectivity index (χ0) is 7.19. The minimum atomic E-state index is 0.399. The first-order chi connectivity index (χ1) is 4.70. The summed E-state index contributed by atoms with van der Waals surface area (Å²) in [6, 6.07) is 9.53. The van der Waals surface area contributed by atoms with Crippen molar-refractivity contribution in [3.63, 3.8) is 0 Å². The molecule has 0 amide bonds. The van der Waals surface area contributed by atoms with Gasteiger partial charge in [-0.1, -0.05) is 32.0 Å². The molecule has 1 aromatic rings. The molecule has 1 aromatic carbocycles. The lowest BCUT2D eigenvalue weighted by molar-refractivity contribution is 0.454. The van der Waals surface area contributed by atoms with Gasteiger partial charge in [-0.05, 0) is 29.0 Å². The lowest BCUT2D eigenvalue weighted by Crippen LogP contribution is -2.32. The van der Waals surface area contributed by atoms with Gasteiger partial charge in [-0.15, -0.1) is 0 Å². The van der Waals surface area contributed by atoms with Crippen LogP contribution in [0.1, 0.15) is 25.0 Å². The van der Waals surface area contributed by atoms with E-state index in [4.69, 9.17) is 0 Å². The van der Waals surface area contributed by atoms with Crippen molar-refractivity contribution in [2.24, 2.45) is 0 Å². The van der Waals surface area contributed by atoms with E-state index in [1.54, 1.807) is 0 Å². The Hall–Kier alpha value is -0.780.